The molecule has 0 heterocycles. The lowest BCUT2D eigenvalue weighted by Crippen LogP contribution is -2.04. The average molecular weight is 247 g/mol. The number of aromatic hydroxyl groups is 1. The van der Waals surface area contributed by atoms with Crippen molar-refractivity contribution in [2.45, 2.75) is 20.3 Å². The highest BCUT2D eigenvalue weighted by Crippen LogP contribution is 2.31. The van der Waals surface area contributed by atoms with Gasteiger partial charge in [-0.25, -0.2) is 0 Å². The van der Waals surface area contributed by atoms with E-state index >= 15 is 0 Å². The van der Waals surface area contributed by atoms with Gasteiger partial charge in [0.15, 0.2) is 5.78 Å². The first kappa shape index (κ1) is 12.3. The Morgan fingerprint density at radius 2 is 2.07 bits per heavy atom. The van der Waals surface area contributed by atoms with Gasteiger partial charge >= 0.3 is 0 Å². The summed E-state index contributed by atoms with van der Waals surface area (Å²) < 4.78 is 0. The number of hydrogen-bond donors (Lipinski definition) is 1. The smallest absolute Gasteiger partial charge is 0.168 e. The molecule has 0 aliphatic carbocycles. The van der Waals surface area contributed by atoms with Crippen LogP contribution in [-0.4, -0.2) is 16.8 Å². The fourth-order valence-corrected chi connectivity index (χ4v) is 1.82. The first-order valence-electron chi connectivity index (χ1n) is 4.56. The molecule has 0 spiro atoms. The monoisotopic (exact) mass is 246 g/mol. The van der Waals surface area contributed by atoms with E-state index in [1.165, 1.54) is 6.07 Å². The SMILES string of the molecule is Cc1cc(O)c(C(=O)CCCl)c(C)c1Cl. The number of alkyl halides is 1. The third-order valence-corrected chi connectivity index (χ3v) is 3.03. The Labute approximate surface area is 98.8 Å². The maximum Gasteiger partial charge on any atom is 0.168 e. The van der Waals surface area contributed by atoms with Gasteiger partial charge in [-0.15, -0.1) is 11.6 Å². The normalized spacial score (nSPS) is 10.4. The lowest BCUT2D eigenvalue weighted by molar-refractivity contribution is 0.0986. The molecule has 0 aliphatic rings. The quantitative estimate of drug-likeness (QED) is 0.655. The number of phenolic OH excluding ortho intramolecular Hbond substituents is 1. The highest BCUT2D eigenvalue weighted by atomic mass is 35.5. The largest absolute Gasteiger partial charge is 0.507 e. The van der Waals surface area contributed by atoms with E-state index in [2.05, 4.69) is 0 Å². The van der Waals surface area contributed by atoms with E-state index < -0.39 is 0 Å². The maximum absolute atomic E-state index is 11.6. The predicted molar refractivity (Wildman–Crippen MR) is 62.3 cm³/mol. The molecule has 82 valence electrons. The van der Waals surface area contributed by atoms with Gasteiger partial charge in [0.2, 0.25) is 0 Å². The van der Waals surface area contributed by atoms with Gasteiger partial charge in [0.1, 0.15) is 5.75 Å². The van der Waals surface area contributed by atoms with Crippen LogP contribution < -0.4 is 0 Å². The molecular formula is C11H12Cl2O2. The van der Waals surface area contributed by atoms with Crippen LogP contribution in [0.15, 0.2) is 6.07 Å². The number of halogens is 2. The van der Waals surface area contributed by atoms with Gasteiger partial charge in [-0.1, -0.05) is 11.6 Å². The molecule has 0 aliphatic heterocycles. The zero-order valence-corrected chi connectivity index (χ0v) is 10.1. The topological polar surface area (TPSA) is 37.3 Å². The molecule has 0 saturated heterocycles. The van der Waals surface area contributed by atoms with Crippen LogP contribution in [0.4, 0.5) is 0 Å². The van der Waals surface area contributed by atoms with Crippen LogP contribution in [0.1, 0.15) is 27.9 Å². The van der Waals surface area contributed by atoms with Crippen molar-refractivity contribution in [3.05, 3.63) is 27.8 Å². The Kier molecular flexibility index (Phi) is 4.00. The molecule has 2 nitrogen and oxygen atoms in total. The van der Waals surface area contributed by atoms with Crippen molar-refractivity contribution in [2.75, 3.05) is 5.88 Å². The van der Waals surface area contributed by atoms with Crippen LogP contribution in [0, 0.1) is 13.8 Å². The molecule has 1 aromatic carbocycles. The first-order chi connectivity index (χ1) is 6.99. The number of benzene rings is 1. The van der Waals surface area contributed by atoms with Crippen LogP contribution in [0.2, 0.25) is 5.02 Å². The minimum Gasteiger partial charge on any atom is -0.507 e. The Balaban J connectivity index is 3.29. The zero-order valence-electron chi connectivity index (χ0n) is 8.60. The summed E-state index contributed by atoms with van der Waals surface area (Å²) in [7, 11) is 0. The third kappa shape index (κ3) is 2.44. The third-order valence-electron chi connectivity index (χ3n) is 2.26. The molecule has 4 heteroatoms. The molecule has 1 aromatic rings. The molecule has 0 bridgehead atoms. The second-order valence-corrected chi connectivity index (χ2v) is 4.14. The van der Waals surface area contributed by atoms with Gasteiger partial charge < -0.3 is 5.11 Å². The molecule has 0 amide bonds. The summed E-state index contributed by atoms with van der Waals surface area (Å²) in [5, 5.41) is 10.2. The fourth-order valence-electron chi connectivity index (χ4n) is 1.50. The number of rotatable bonds is 3. The standard InChI is InChI=1S/C11H12Cl2O2/c1-6-5-9(15)10(7(2)11(6)13)8(14)3-4-12/h5,15H,3-4H2,1-2H3. The van der Waals surface area contributed by atoms with Gasteiger partial charge in [-0.05, 0) is 31.0 Å². The summed E-state index contributed by atoms with van der Waals surface area (Å²) in [6.07, 6.45) is 0.204. The number of carbonyl (C=O) groups excluding carboxylic acids is 1. The van der Waals surface area contributed by atoms with E-state index in [-0.39, 0.29) is 29.4 Å². The van der Waals surface area contributed by atoms with Crippen LogP contribution >= 0.6 is 23.2 Å². The van der Waals surface area contributed by atoms with E-state index in [9.17, 15) is 9.90 Å². The Morgan fingerprint density at radius 1 is 1.47 bits per heavy atom. The second-order valence-electron chi connectivity index (χ2n) is 3.39. The Hall–Kier alpha value is -0.730. The predicted octanol–water partition coefficient (Wildman–Crippen LogP) is 3.47. The van der Waals surface area contributed by atoms with Crippen molar-refractivity contribution in [1.82, 2.24) is 0 Å². The molecule has 15 heavy (non-hydrogen) atoms. The summed E-state index contributed by atoms with van der Waals surface area (Å²) in [5.41, 5.74) is 1.66. The summed E-state index contributed by atoms with van der Waals surface area (Å²) in [4.78, 5) is 11.6. The maximum atomic E-state index is 11.6. The average Bonchev–Trinajstić information content (AvgIpc) is 2.15. The summed E-state index contributed by atoms with van der Waals surface area (Å²) in [6, 6.07) is 1.50. The summed E-state index contributed by atoms with van der Waals surface area (Å²) in [5.74, 6) is 0.0369. The van der Waals surface area contributed by atoms with Crippen molar-refractivity contribution in [2.24, 2.45) is 0 Å². The summed E-state index contributed by atoms with van der Waals surface area (Å²) >= 11 is 11.5. The van der Waals surface area contributed by atoms with Crippen molar-refractivity contribution in [1.29, 1.82) is 0 Å². The van der Waals surface area contributed by atoms with Crippen LogP contribution in [-0.2, 0) is 0 Å². The Bertz CT molecular complexity index is 400. The van der Waals surface area contributed by atoms with Crippen LogP contribution in [0.25, 0.3) is 0 Å². The molecule has 0 radical (unpaired) electrons. The van der Waals surface area contributed by atoms with E-state index in [4.69, 9.17) is 23.2 Å². The van der Waals surface area contributed by atoms with E-state index in [0.29, 0.717) is 10.6 Å². The van der Waals surface area contributed by atoms with Crippen molar-refractivity contribution < 1.29 is 9.90 Å². The van der Waals surface area contributed by atoms with Gasteiger partial charge in [0, 0.05) is 17.3 Å². The minimum absolute atomic E-state index is 0.0236. The molecule has 0 unspecified atom stereocenters. The van der Waals surface area contributed by atoms with E-state index in [0.717, 1.165) is 5.56 Å². The lowest BCUT2D eigenvalue weighted by Gasteiger charge is -2.10. The van der Waals surface area contributed by atoms with Crippen LogP contribution in [0.5, 0.6) is 5.75 Å². The summed E-state index contributed by atoms with van der Waals surface area (Å²) in [6.45, 7) is 3.50. The van der Waals surface area contributed by atoms with E-state index in [1.807, 2.05) is 0 Å². The molecule has 1 N–H and O–H groups in total. The van der Waals surface area contributed by atoms with E-state index in [1.54, 1.807) is 13.8 Å². The number of carbonyl (C=O) groups is 1. The number of hydrogen-bond acceptors (Lipinski definition) is 2. The molecular weight excluding hydrogens is 235 g/mol. The fraction of sp³-hybridized carbons (Fsp3) is 0.364. The van der Waals surface area contributed by atoms with Gasteiger partial charge in [0.25, 0.3) is 0 Å². The van der Waals surface area contributed by atoms with Crippen molar-refractivity contribution in [3.63, 3.8) is 0 Å². The first-order valence-corrected chi connectivity index (χ1v) is 5.48. The van der Waals surface area contributed by atoms with Gasteiger partial charge in [-0.2, -0.15) is 0 Å². The van der Waals surface area contributed by atoms with Crippen LogP contribution in [0.3, 0.4) is 0 Å². The molecule has 0 fully saturated rings. The number of ketones is 1. The number of Topliss-reactive ketones (excluding diaryl/α,β-unsaturated/α-hetero) is 1. The number of phenols is 1. The van der Waals surface area contributed by atoms with Gasteiger partial charge in [-0.3, -0.25) is 4.79 Å². The minimum atomic E-state index is -0.179. The highest BCUT2D eigenvalue weighted by Gasteiger charge is 2.17. The van der Waals surface area contributed by atoms with Crippen molar-refractivity contribution in [3.8, 4) is 5.75 Å². The molecule has 1 rings (SSSR count). The number of aryl methyl sites for hydroxylation is 1. The lowest BCUT2D eigenvalue weighted by atomic mass is 9.99. The molecule has 0 atom stereocenters. The molecule has 0 saturated carbocycles. The van der Waals surface area contributed by atoms with Crippen molar-refractivity contribution >= 4 is 29.0 Å². The van der Waals surface area contributed by atoms with Gasteiger partial charge in [0.05, 0.1) is 5.56 Å². The molecule has 0 aromatic heterocycles. The zero-order chi connectivity index (χ0) is 11.6. The Morgan fingerprint density at radius 3 is 2.60 bits per heavy atom. The second kappa shape index (κ2) is 4.86. The highest BCUT2D eigenvalue weighted by molar-refractivity contribution is 6.32.